The summed E-state index contributed by atoms with van der Waals surface area (Å²) in [4.78, 5) is 29.8. The Hall–Kier alpha value is -3.56. The van der Waals surface area contributed by atoms with Crippen molar-refractivity contribution in [1.29, 1.82) is 0 Å². The van der Waals surface area contributed by atoms with E-state index in [1.165, 1.54) is 17.0 Å². The standard InChI is InChI=1S/C35H36Cl3N3O4S/c1-4-19-39-35(43)33(21-26-9-6-5-7-10-26)40(22-29-30(37)11-8-12-31(29)38)34(42)23-41(32-18-15-27(36)20-25(32)3)46(44,45)28-16-13-24(2)14-17-28/h5-18,20,33H,4,19,21-23H2,1-3H3,(H,39,43)/t33-/m0/s1. The predicted octanol–water partition coefficient (Wildman–Crippen LogP) is 7.63. The fraction of sp³-hybridized carbons (Fsp3) is 0.257. The Balaban J connectivity index is 1.85. The second kappa shape index (κ2) is 15.8. The highest BCUT2D eigenvalue weighted by Gasteiger charge is 2.35. The topological polar surface area (TPSA) is 86.8 Å². The van der Waals surface area contributed by atoms with Crippen molar-refractivity contribution in [2.75, 3.05) is 17.4 Å². The Morgan fingerprint density at radius 2 is 1.50 bits per heavy atom. The molecule has 0 radical (unpaired) electrons. The minimum atomic E-state index is -4.25. The highest BCUT2D eigenvalue weighted by Crippen LogP contribution is 2.31. The minimum absolute atomic E-state index is 0.0162. The van der Waals surface area contributed by atoms with Crippen molar-refractivity contribution < 1.29 is 18.0 Å². The van der Waals surface area contributed by atoms with Gasteiger partial charge in [-0.25, -0.2) is 8.42 Å². The van der Waals surface area contributed by atoms with Crippen LogP contribution in [0.4, 0.5) is 5.69 Å². The normalized spacial score (nSPS) is 12.0. The summed E-state index contributed by atoms with van der Waals surface area (Å²) in [7, 11) is -4.25. The number of halogens is 3. The molecule has 1 N–H and O–H groups in total. The molecule has 0 unspecified atom stereocenters. The lowest BCUT2D eigenvalue weighted by Gasteiger charge is -2.34. The third kappa shape index (κ3) is 8.62. The quantitative estimate of drug-likeness (QED) is 0.156. The average molecular weight is 701 g/mol. The molecule has 0 fully saturated rings. The van der Waals surface area contributed by atoms with Crippen molar-refractivity contribution >= 4 is 62.3 Å². The van der Waals surface area contributed by atoms with Crippen LogP contribution in [-0.2, 0) is 32.6 Å². The monoisotopic (exact) mass is 699 g/mol. The second-order valence-corrected chi connectivity index (χ2v) is 14.1. The van der Waals surface area contributed by atoms with Gasteiger partial charge in [0, 0.05) is 40.1 Å². The average Bonchev–Trinajstić information content (AvgIpc) is 3.02. The van der Waals surface area contributed by atoms with Crippen molar-refractivity contribution in [1.82, 2.24) is 10.2 Å². The summed E-state index contributed by atoms with van der Waals surface area (Å²) >= 11 is 19.4. The zero-order chi connectivity index (χ0) is 33.4. The first kappa shape index (κ1) is 35.3. The number of amides is 2. The lowest BCUT2D eigenvalue weighted by Crippen LogP contribution is -2.53. The van der Waals surface area contributed by atoms with Gasteiger partial charge in [0.25, 0.3) is 10.0 Å². The zero-order valence-electron chi connectivity index (χ0n) is 25.8. The van der Waals surface area contributed by atoms with Crippen LogP contribution in [0.1, 0.15) is 35.6 Å². The van der Waals surface area contributed by atoms with E-state index in [9.17, 15) is 18.0 Å². The number of aryl methyl sites for hydroxylation is 2. The summed E-state index contributed by atoms with van der Waals surface area (Å²) in [6.07, 6.45) is 0.862. The van der Waals surface area contributed by atoms with Gasteiger partial charge in [-0.2, -0.15) is 0 Å². The molecule has 0 bridgehead atoms. The summed E-state index contributed by atoms with van der Waals surface area (Å²) in [6.45, 7) is 5.17. The molecule has 0 spiro atoms. The molecule has 1 atom stereocenters. The van der Waals surface area contributed by atoms with Gasteiger partial charge in [-0.3, -0.25) is 13.9 Å². The van der Waals surface area contributed by atoms with Crippen molar-refractivity contribution in [3.63, 3.8) is 0 Å². The maximum absolute atomic E-state index is 14.6. The zero-order valence-corrected chi connectivity index (χ0v) is 28.9. The molecule has 7 nitrogen and oxygen atoms in total. The Labute approximate surface area is 286 Å². The number of hydrogen-bond acceptors (Lipinski definition) is 4. The number of benzene rings is 4. The summed E-state index contributed by atoms with van der Waals surface area (Å²) in [6, 6.07) is 24.5. The molecule has 0 aliphatic heterocycles. The van der Waals surface area contributed by atoms with Crippen LogP contribution in [0.25, 0.3) is 0 Å². The van der Waals surface area contributed by atoms with Gasteiger partial charge in [-0.05, 0) is 73.9 Å². The molecule has 4 aromatic carbocycles. The fourth-order valence-corrected chi connectivity index (χ4v) is 7.25. The molecule has 4 rings (SSSR count). The highest BCUT2D eigenvalue weighted by atomic mass is 35.5. The van der Waals surface area contributed by atoms with Crippen molar-refractivity contribution in [3.05, 3.63) is 128 Å². The Bertz CT molecular complexity index is 1760. The first-order valence-corrected chi connectivity index (χ1v) is 17.4. The molecule has 2 amide bonds. The van der Waals surface area contributed by atoms with Crippen LogP contribution in [0.15, 0.2) is 95.9 Å². The minimum Gasteiger partial charge on any atom is -0.354 e. The van der Waals surface area contributed by atoms with E-state index in [-0.39, 0.29) is 29.5 Å². The number of carbonyl (C=O) groups excluding carboxylic acids is 2. The van der Waals surface area contributed by atoms with E-state index < -0.39 is 28.5 Å². The third-order valence-electron chi connectivity index (χ3n) is 7.53. The van der Waals surface area contributed by atoms with E-state index in [1.807, 2.05) is 44.2 Å². The molecule has 11 heteroatoms. The van der Waals surface area contributed by atoms with Gasteiger partial charge >= 0.3 is 0 Å². The molecule has 0 aromatic heterocycles. The van der Waals surface area contributed by atoms with Gasteiger partial charge in [0.15, 0.2) is 0 Å². The maximum atomic E-state index is 14.6. The number of nitrogens with one attached hydrogen (secondary N) is 1. The number of nitrogens with zero attached hydrogens (tertiary/aromatic N) is 2. The van der Waals surface area contributed by atoms with Crippen LogP contribution in [0, 0.1) is 13.8 Å². The maximum Gasteiger partial charge on any atom is 0.264 e. The SMILES string of the molecule is CCCNC(=O)[C@H](Cc1ccccc1)N(Cc1c(Cl)cccc1Cl)C(=O)CN(c1ccc(Cl)cc1C)S(=O)(=O)c1ccc(C)cc1. The van der Waals surface area contributed by atoms with Crippen LogP contribution in [0.2, 0.25) is 15.1 Å². The lowest BCUT2D eigenvalue weighted by molar-refractivity contribution is -0.140. The second-order valence-electron chi connectivity index (χ2n) is 11.0. The van der Waals surface area contributed by atoms with Crippen molar-refractivity contribution in [3.8, 4) is 0 Å². The number of carbonyl (C=O) groups is 2. The van der Waals surface area contributed by atoms with Crippen LogP contribution in [0.3, 0.4) is 0 Å². The van der Waals surface area contributed by atoms with E-state index in [0.29, 0.717) is 39.2 Å². The van der Waals surface area contributed by atoms with E-state index in [4.69, 9.17) is 34.8 Å². The van der Waals surface area contributed by atoms with Crippen LogP contribution < -0.4 is 9.62 Å². The van der Waals surface area contributed by atoms with E-state index in [2.05, 4.69) is 5.32 Å². The molecule has 0 aliphatic rings. The molecule has 0 heterocycles. The van der Waals surface area contributed by atoms with Gasteiger partial charge in [0.1, 0.15) is 12.6 Å². The van der Waals surface area contributed by atoms with Crippen molar-refractivity contribution in [2.24, 2.45) is 0 Å². The molecular formula is C35H36Cl3N3O4S. The number of anilines is 1. The molecule has 0 aliphatic carbocycles. The molecular weight excluding hydrogens is 665 g/mol. The summed E-state index contributed by atoms with van der Waals surface area (Å²) in [5, 5.41) is 3.97. The Morgan fingerprint density at radius 1 is 0.848 bits per heavy atom. The van der Waals surface area contributed by atoms with E-state index in [1.54, 1.807) is 55.5 Å². The number of rotatable bonds is 13. The van der Waals surface area contributed by atoms with Crippen LogP contribution >= 0.6 is 34.8 Å². The van der Waals surface area contributed by atoms with Crippen LogP contribution in [0.5, 0.6) is 0 Å². The van der Waals surface area contributed by atoms with Gasteiger partial charge in [0.05, 0.1) is 10.6 Å². The fourth-order valence-electron chi connectivity index (χ4n) is 5.02. The molecule has 4 aromatic rings. The highest BCUT2D eigenvalue weighted by molar-refractivity contribution is 7.92. The van der Waals surface area contributed by atoms with Crippen LogP contribution in [-0.4, -0.2) is 44.3 Å². The molecule has 242 valence electrons. The third-order valence-corrected chi connectivity index (χ3v) is 10.2. The Morgan fingerprint density at radius 3 is 2.11 bits per heavy atom. The first-order chi connectivity index (χ1) is 21.9. The lowest BCUT2D eigenvalue weighted by atomic mass is 10.0. The van der Waals surface area contributed by atoms with Gasteiger partial charge in [-0.1, -0.05) is 95.8 Å². The van der Waals surface area contributed by atoms with E-state index in [0.717, 1.165) is 15.4 Å². The number of sulfonamides is 1. The Kier molecular flexibility index (Phi) is 12.1. The summed E-state index contributed by atoms with van der Waals surface area (Å²) < 4.78 is 29.6. The van der Waals surface area contributed by atoms with Gasteiger partial charge < -0.3 is 10.2 Å². The van der Waals surface area contributed by atoms with Crippen molar-refractivity contribution in [2.45, 2.75) is 51.1 Å². The van der Waals surface area contributed by atoms with E-state index >= 15 is 0 Å². The predicted molar refractivity (Wildman–Crippen MR) is 186 cm³/mol. The molecule has 0 saturated heterocycles. The molecule has 46 heavy (non-hydrogen) atoms. The number of hydrogen-bond donors (Lipinski definition) is 1. The first-order valence-electron chi connectivity index (χ1n) is 14.8. The van der Waals surface area contributed by atoms with Gasteiger partial charge in [-0.15, -0.1) is 0 Å². The smallest absolute Gasteiger partial charge is 0.264 e. The van der Waals surface area contributed by atoms with Gasteiger partial charge in [0.2, 0.25) is 11.8 Å². The summed E-state index contributed by atoms with van der Waals surface area (Å²) in [5.41, 5.74) is 2.98. The summed E-state index contributed by atoms with van der Waals surface area (Å²) in [5.74, 6) is -0.994. The largest absolute Gasteiger partial charge is 0.354 e. The molecule has 0 saturated carbocycles.